The summed E-state index contributed by atoms with van der Waals surface area (Å²) in [5.41, 5.74) is 1.27. The molecule has 0 saturated heterocycles. The van der Waals surface area contributed by atoms with Gasteiger partial charge in [0.1, 0.15) is 0 Å². The van der Waals surface area contributed by atoms with Gasteiger partial charge in [-0.15, -0.1) is 30.1 Å². The Labute approximate surface area is 95.2 Å². The van der Waals surface area contributed by atoms with Gasteiger partial charge in [-0.2, -0.15) is 0 Å². The lowest BCUT2D eigenvalue weighted by Gasteiger charge is -2.09. The van der Waals surface area contributed by atoms with Crippen LogP contribution in [0.2, 0.25) is 0 Å². The zero-order valence-corrected chi connectivity index (χ0v) is 10.5. The Morgan fingerprint density at radius 3 is 2.00 bits per heavy atom. The molecule has 0 aliphatic carbocycles. The molecule has 0 saturated carbocycles. The molecule has 0 aliphatic heterocycles. The molecule has 2 heteroatoms. The van der Waals surface area contributed by atoms with E-state index in [-0.39, 0.29) is 0 Å². The van der Waals surface area contributed by atoms with Crippen LogP contribution in [0.4, 0.5) is 0 Å². The molecule has 0 atom stereocenters. The fourth-order valence-corrected chi connectivity index (χ4v) is 2.21. The number of hydrogen-bond donors (Lipinski definition) is 0. The number of allylic oxidation sites excluding steroid dienone is 1. The first-order valence-corrected chi connectivity index (χ1v) is 6.85. The lowest BCUT2D eigenvalue weighted by atomic mass is 10.0. The predicted molar refractivity (Wildman–Crippen MR) is 68.2 cm³/mol. The Kier molecular flexibility index (Phi) is 4.63. The fourth-order valence-electron chi connectivity index (χ4n) is 1.15. The second-order valence-electron chi connectivity index (χ2n) is 2.99. The minimum atomic E-state index is 1.23. The molecule has 0 heterocycles. The first kappa shape index (κ1) is 11.7. The van der Waals surface area contributed by atoms with Crippen molar-refractivity contribution in [3.8, 4) is 0 Å². The van der Waals surface area contributed by atoms with Crippen molar-refractivity contribution in [3.05, 3.63) is 42.3 Å². The first-order chi connectivity index (χ1) is 6.71. The highest BCUT2D eigenvalue weighted by Crippen LogP contribution is 2.28. The zero-order valence-electron chi connectivity index (χ0n) is 8.83. The lowest BCUT2D eigenvalue weighted by molar-refractivity contribution is 1.19. The molecule has 1 rings (SSSR count). The summed E-state index contributed by atoms with van der Waals surface area (Å²) in [7, 11) is 0. The maximum atomic E-state index is 3.80. The van der Waals surface area contributed by atoms with E-state index >= 15 is 0 Å². The number of thioether (sulfide) groups is 2. The van der Waals surface area contributed by atoms with E-state index in [0.29, 0.717) is 0 Å². The highest BCUT2D eigenvalue weighted by molar-refractivity contribution is 7.99. The third kappa shape index (κ3) is 2.82. The molecule has 0 nitrogen and oxygen atoms in total. The van der Waals surface area contributed by atoms with E-state index in [0.717, 1.165) is 0 Å². The van der Waals surface area contributed by atoms with E-state index in [2.05, 4.69) is 44.2 Å². The van der Waals surface area contributed by atoms with Gasteiger partial charge in [-0.3, -0.25) is 0 Å². The van der Waals surface area contributed by atoms with Crippen molar-refractivity contribution in [1.29, 1.82) is 0 Å². The number of benzene rings is 1. The summed E-state index contributed by atoms with van der Waals surface area (Å²) in [6.07, 6.45) is 6.11. The molecule has 1 aromatic carbocycles. The maximum absolute atomic E-state index is 3.80. The third-order valence-electron chi connectivity index (χ3n) is 2.11. The fraction of sp³-hybridized carbons (Fsp3) is 0.250. The third-order valence-corrected chi connectivity index (χ3v) is 3.53. The summed E-state index contributed by atoms with van der Waals surface area (Å²) in [5.74, 6) is 1.23. The molecule has 0 aromatic heterocycles. The van der Waals surface area contributed by atoms with E-state index in [4.69, 9.17) is 0 Å². The predicted octanol–water partition coefficient (Wildman–Crippen LogP) is 4.26. The SMILES string of the molecule is C=C[C](C)c1cc(SC)cc(SC)c1. The quantitative estimate of drug-likeness (QED) is 0.700. The van der Waals surface area contributed by atoms with Crippen molar-refractivity contribution < 1.29 is 0 Å². The average molecular weight is 223 g/mol. The van der Waals surface area contributed by atoms with Crippen LogP contribution in [-0.4, -0.2) is 12.5 Å². The van der Waals surface area contributed by atoms with Crippen molar-refractivity contribution in [2.45, 2.75) is 16.7 Å². The second kappa shape index (κ2) is 5.52. The van der Waals surface area contributed by atoms with Gasteiger partial charge in [0.05, 0.1) is 0 Å². The zero-order chi connectivity index (χ0) is 10.6. The molecule has 0 spiro atoms. The minimum Gasteiger partial charge on any atom is -0.130 e. The Bertz CT molecular complexity index is 296. The van der Waals surface area contributed by atoms with Crippen LogP contribution < -0.4 is 0 Å². The normalized spacial score (nSPS) is 10.6. The van der Waals surface area contributed by atoms with E-state index < -0.39 is 0 Å². The molecular weight excluding hydrogens is 208 g/mol. The number of rotatable bonds is 4. The van der Waals surface area contributed by atoms with E-state index in [1.165, 1.54) is 21.3 Å². The molecule has 0 N–H and O–H groups in total. The molecule has 0 unspecified atom stereocenters. The smallest absolute Gasteiger partial charge is 0.0231 e. The largest absolute Gasteiger partial charge is 0.130 e. The summed E-state index contributed by atoms with van der Waals surface area (Å²) in [5, 5.41) is 0. The van der Waals surface area contributed by atoms with E-state index in [1.807, 2.05) is 6.08 Å². The summed E-state index contributed by atoms with van der Waals surface area (Å²) in [6, 6.07) is 6.64. The molecule has 0 aliphatic rings. The molecule has 1 aromatic rings. The van der Waals surface area contributed by atoms with Crippen LogP contribution in [0.5, 0.6) is 0 Å². The second-order valence-corrected chi connectivity index (χ2v) is 4.75. The van der Waals surface area contributed by atoms with Crippen LogP contribution in [-0.2, 0) is 0 Å². The van der Waals surface area contributed by atoms with Crippen LogP contribution in [0.15, 0.2) is 40.6 Å². The van der Waals surface area contributed by atoms with E-state index in [1.54, 1.807) is 23.5 Å². The first-order valence-electron chi connectivity index (χ1n) is 4.40. The lowest BCUT2D eigenvalue weighted by Crippen LogP contribution is -1.90. The standard InChI is InChI=1S/C12H15S2/c1-5-9(2)10-6-11(13-3)8-12(7-10)14-4/h5-8H,1H2,2-4H3. The van der Waals surface area contributed by atoms with E-state index in [9.17, 15) is 0 Å². The van der Waals surface area contributed by atoms with Crippen LogP contribution in [0.25, 0.3) is 0 Å². The molecule has 14 heavy (non-hydrogen) atoms. The van der Waals surface area contributed by atoms with Crippen molar-refractivity contribution >= 4 is 23.5 Å². The van der Waals surface area contributed by atoms with Crippen molar-refractivity contribution in [2.24, 2.45) is 0 Å². The van der Waals surface area contributed by atoms with Gasteiger partial charge < -0.3 is 0 Å². The molecule has 0 amide bonds. The van der Waals surface area contributed by atoms with Crippen LogP contribution in [0.1, 0.15) is 12.5 Å². The Hall–Kier alpha value is -0.340. The van der Waals surface area contributed by atoms with Crippen molar-refractivity contribution in [1.82, 2.24) is 0 Å². The van der Waals surface area contributed by atoms with Gasteiger partial charge in [0.25, 0.3) is 0 Å². The Balaban J connectivity index is 3.09. The summed E-state index contributed by atoms with van der Waals surface area (Å²) >= 11 is 3.56. The van der Waals surface area contributed by atoms with Gasteiger partial charge in [-0.25, -0.2) is 0 Å². The van der Waals surface area contributed by atoms with Gasteiger partial charge in [-0.05, 0) is 36.3 Å². The Morgan fingerprint density at radius 1 is 1.14 bits per heavy atom. The Morgan fingerprint density at radius 2 is 1.64 bits per heavy atom. The van der Waals surface area contributed by atoms with Gasteiger partial charge in [0, 0.05) is 15.7 Å². The minimum absolute atomic E-state index is 1.23. The highest BCUT2D eigenvalue weighted by Gasteiger charge is 2.05. The maximum Gasteiger partial charge on any atom is 0.0231 e. The number of hydrogen-bond acceptors (Lipinski definition) is 2. The summed E-state index contributed by atoms with van der Waals surface area (Å²) in [6.45, 7) is 5.89. The van der Waals surface area contributed by atoms with Gasteiger partial charge in [0.15, 0.2) is 0 Å². The van der Waals surface area contributed by atoms with Gasteiger partial charge in [0.2, 0.25) is 0 Å². The molecule has 0 fully saturated rings. The van der Waals surface area contributed by atoms with Crippen LogP contribution in [0.3, 0.4) is 0 Å². The molecule has 75 valence electrons. The van der Waals surface area contributed by atoms with Crippen molar-refractivity contribution in [3.63, 3.8) is 0 Å². The molecular formula is C12H15S2. The van der Waals surface area contributed by atoms with Gasteiger partial charge >= 0.3 is 0 Å². The molecule has 0 bridgehead atoms. The van der Waals surface area contributed by atoms with Gasteiger partial charge in [-0.1, -0.05) is 13.0 Å². The summed E-state index contributed by atoms with van der Waals surface area (Å²) in [4.78, 5) is 2.63. The summed E-state index contributed by atoms with van der Waals surface area (Å²) < 4.78 is 0. The van der Waals surface area contributed by atoms with Crippen molar-refractivity contribution in [2.75, 3.05) is 12.5 Å². The topological polar surface area (TPSA) is 0 Å². The monoisotopic (exact) mass is 223 g/mol. The van der Waals surface area contributed by atoms with Crippen LogP contribution >= 0.6 is 23.5 Å². The van der Waals surface area contributed by atoms with Crippen LogP contribution in [0, 0.1) is 5.92 Å². The highest BCUT2D eigenvalue weighted by atomic mass is 32.2. The average Bonchev–Trinajstić information content (AvgIpc) is 2.27. The molecule has 1 radical (unpaired) electrons.